The lowest BCUT2D eigenvalue weighted by Gasteiger charge is -2.18. The van der Waals surface area contributed by atoms with Crippen molar-refractivity contribution in [3.63, 3.8) is 0 Å². The minimum Gasteiger partial charge on any atom is -0.278 e. The van der Waals surface area contributed by atoms with Crippen molar-refractivity contribution in [2.45, 2.75) is 31.9 Å². The van der Waals surface area contributed by atoms with Crippen molar-refractivity contribution in [3.05, 3.63) is 74.8 Å². The van der Waals surface area contributed by atoms with Gasteiger partial charge in [0.1, 0.15) is 0 Å². The number of carbonyl (C=O) groups is 2. The van der Waals surface area contributed by atoms with Crippen LogP contribution in [0.4, 0.5) is 13.2 Å². The molecule has 1 heterocycles. The van der Waals surface area contributed by atoms with Crippen LogP contribution in [0.1, 0.15) is 45.8 Å². The molecule has 0 saturated carbocycles. The molecule has 0 aliphatic carbocycles. The number of benzene rings is 2. The van der Waals surface area contributed by atoms with Gasteiger partial charge < -0.3 is 0 Å². The van der Waals surface area contributed by atoms with Crippen LogP contribution in [-0.4, -0.2) is 29.4 Å². The summed E-state index contributed by atoms with van der Waals surface area (Å²) in [5, 5.41) is 0.241. The van der Waals surface area contributed by atoms with E-state index in [-0.39, 0.29) is 27.4 Å². The maximum Gasteiger partial charge on any atom is 0.399 e. The Morgan fingerprint density at radius 2 is 1.80 bits per heavy atom. The van der Waals surface area contributed by atoms with Crippen LogP contribution in [0.15, 0.2) is 42.5 Å². The number of hydrogen-bond acceptors (Lipinski definition) is 2. The molecular weight excluding hydrogens is 438 g/mol. The highest BCUT2D eigenvalue weighted by molar-refractivity contribution is 6.34. The lowest BCUT2D eigenvalue weighted by atomic mass is 9.96. The lowest BCUT2D eigenvalue weighted by Crippen LogP contribution is -2.32. The molecule has 2 aromatic rings. The smallest absolute Gasteiger partial charge is 0.278 e. The van der Waals surface area contributed by atoms with Crippen LogP contribution in [0, 0.1) is 6.92 Å². The zero-order chi connectivity index (χ0) is 22.1. The molecule has 8 heteroatoms. The van der Waals surface area contributed by atoms with E-state index in [9.17, 15) is 22.8 Å². The Morgan fingerprint density at radius 3 is 2.33 bits per heavy atom. The normalized spacial score (nSPS) is 15.8. The molecule has 1 unspecified atom stereocenters. The van der Waals surface area contributed by atoms with Crippen molar-refractivity contribution < 1.29 is 22.8 Å². The summed E-state index contributed by atoms with van der Waals surface area (Å²) in [5.41, 5.74) is 1.37. The molecular formula is C22H18Cl2F3NO2. The molecule has 0 radical (unpaired) electrons. The predicted molar refractivity (Wildman–Crippen MR) is 111 cm³/mol. The third-order valence-corrected chi connectivity index (χ3v) is 5.31. The fraction of sp³-hybridized carbons (Fsp3) is 0.273. The zero-order valence-electron chi connectivity index (χ0n) is 16.0. The predicted octanol–water partition coefficient (Wildman–Crippen LogP) is 6.42. The maximum atomic E-state index is 13.6. The monoisotopic (exact) mass is 455 g/mol. The van der Waals surface area contributed by atoms with Gasteiger partial charge in [-0.3, -0.25) is 14.5 Å². The summed E-state index contributed by atoms with van der Waals surface area (Å²) in [6, 6.07) is 8.53. The number of carbonyl (C=O) groups excluding carboxylic acids is 2. The number of halogens is 5. The molecule has 0 spiro atoms. The number of rotatable bonds is 4. The fourth-order valence-corrected chi connectivity index (χ4v) is 3.95. The number of aryl methyl sites for hydroxylation is 1. The Hall–Kier alpha value is -2.31. The average molecular weight is 456 g/mol. The number of amides is 2. The van der Waals surface area contributed by atoms with Gasteiger partial charge in [-0.15, -0.1) is 0 Å². The van der Waals surface area contributed by atoms with Crippen LogP contribution in [0.25, 0.3) is 6.08 Å². The Bertz CT molecular complexity index is 998. The van der Waals surface area contributed by atoms with Crippen molar-refractivity contribution in [1.29, 1.82) is 0 Å². The Morgan fingerprint density at radius 1 is 1.13 bits per heavy atom. The quantitative estimate of drug-likeness (QED) is 0.498. The van der Waals surface area contributed by atoms with Crippen LogP contribution in [-0.2, 0) is 4.79 Å². The van der Waals surface area contributed by atoms with Crippen LogP contribution < -0.4 is 0 Å². The topological polar surface area (TPSA) is 37.4 Å². The Labute approximate surface area is 182 Å². The summed E-state index contributed by atoms with van der Waals surface area (Å²) in [7, 11) is 0. The largest absolute Gasteiger partial charge is 0.399 e. The molecule has 158 valence electrons. The van der Waals surface area contributed by atoms with Crippen LogP contribution in [0.5, 0.6) is 0 Å². The molecule has 1 aliphatic rings. The molecule has 1 atom stereocenters. The maximum absolute atomic E-state index is 13.6. The molecule has 3 rings (SSSR count). The molecule has 1 aliphatic heterocycles. The summed E-state index contributed by atoms with van der Waals surface area (Å²) >= 11 is 11.7. The van der Waals surface area contributed by atoms with Gasteiger partial charge in [-0.2, -0.15) is 13.2 Å². The summed E-state index contributed by atoms with van der Waals surface area (Å²) < 4.78 is 40.8. The van der Waals surface area contributed by atoms with Crippen LogP contribution in [0.2, 0.25) is 10.0 Å². The minimum absolute atomic E-state index is 0.0627. The number of imide groups is 1. The van der Waals surface area contributed by atoms with Gasteiger partial charge in [-0.05, 0) is 54.3 Å². The molecule has 2 amide bonds. The first-order valence-corrected chi connectivity index (χ1v) is 9.98. The third-order valence-electron chi connectivity index (χ3n) is 4.88. The highest BCUT2D eigenvalue weighted by Crippen LogP contribution is 2.38. The number of hydrogen-bond donors (Lipinski definition) is 0. The van der Waals surface area contributed by atoms with E-state index >= 15 is 0 Å². The van der Waals surface area contributed by atoms with Crippen LogP contribution in [0.3, 0.4) is 0 Å². The van der Waals surface area contributed by atoms with Gasteiger partial charge in [0, 0.05) is 28.6 Å². The highest BCUT2D eigenvalue weighted by atomic mass is 35.5. The molecule has 0 aromatic heterocycles. The van der Waals surface area contributed by atoms with Crippen LogP contribution >= 0.6 is 23.2 Å². The van der Waals surface area contributed by atoms with Crippen molar-refractivity contribution >= 4 is 41.1 Å². The molecule has 0 N–H and O–H groups in total. The lowest BCUT2D eigenvalue weighted by molar-refractivity contribution is -0.139. The minimum atomic E-state index is -4.54. The van der Waals surface area contributed by atoms with Crippen molar-refractivity contribution in [2.75, 3.05) is 6.54 Å². The summed E-state index contributed by atoms with van der Waals surface area (Å²) in [4.78, 5) is 25.5. The summed E-state index contributed by atoms with van der Waals surface area (Å²) in [6.07, 6.45) is -1.18. The molecule has 2 aromatic carbocycles. The van der Waals surface area contributed by atoms with Gasteiger partial charge in [0.15, 0.2) is 0 Å². The molecule has 3 nitrogen and oxygen atoms in total. The van der Waals surface area contributed by atoms with E-state index in [1.165, 1.54) is 35.2 Å². The van der Waals surface area contributed by atoms with Crippen molar-refractivity contribution in [1.82, 2.24) is 4.90 Å². The first-order valence-electron chi connectivity index (χ1n) is 9.22. The molecule has 30 heavy (non-hydrogen) atoms. The summed E-state index contributed by atoms with van der Waals surface area (Å²) in [5.74, 6) is -2.48. The van der Waals surface area contributed by atoms with Gasteiger partial charge in [-0.25, -0.2) is 0 Å². The average Bonchev–Trinajstić information content (AvgIpc) is 3.05. The van der Waals surface area contributed by atoms with E-state index in [1.807, 2.05) is 0 Å². The Balaban J connectivity index is 1.87. The highest BCUT2D eigenvalue weighted by Gasteiger charge is 2.39. The second-order valence-corrected chi connectivity index (χ2v) is 7.98. The summed E-state index contributed by atoms with van der Waals surface area (Å²) in [6.45, 7) is 2.07. The second-order valence-electron chi connectivity index (χ2n) is 7.11. The van der Waals surface area contributed by atoms with Gasteiger partial charge in [0.25, 0.3) is 5.91 Å². The molecule has 0 bridgehead atoms. The first-order chi connectivity index (χ1) is 14.1. The standard InChI is InChI=1S/C22H18Cl2F3NO2/c1-13-9-14(4-6-18(13)21(30)28-8-2-3-20(28)29)5-7-19(22(25,26)27)15-10-16(23)12-17(24)11-15/h4-7,9-12,19H,2-3,8H2,1H3. The van der Waals surface area contributed by atoms with Gasteiger partial charge in [0.2, 0.25) is 5.91 Å². The van der Waals surface area contributed by atoms with E-state index in [4.69, 9.17) is 23.2 Å². The molecule has 1 saturated heterocycles. The number of allylic oxidation sites excluding steroid dienone is 1. The second kappa shape index (κ2) is 8.82. The number of alkyl halides is 3. The van der Waals surface area contributed by atoms with Gasteiger partial charge in [0.05, 0.1) is 5.92 Å². The van der Waals surface area contributed by atoms with E-state index in [2.05, 4.69) is 0 Å². The van der Waals surface area contributed by atoms with E-state index in [1.54, 1.807) is 19.1 Å². The van der Waals surface area contributed by atoms with E-state index in [0.717, 1.165) is 6.08 Å². The van der Waals surface area contributed by atoms with Crippen molar-refractivity contribution in [2.24, 2.45) is 0 Å². The molecule has 1 fully saturated rings. The number of likely N-dealkylation sites (tertiary alicyclic amines) is 1. The third kappa shape index (κ3) is 5.05. The van der Waals surface area contributed by atoms with Gasteiger partial charge >= 0.3 is 6.18 Å². The van der Waals surface area contributed by atoms with E-state index in [0.29, 0.717) is 36.1 Å². The first kappa shape index (κ1) is 22.4. The zero-order valence-corrected chi connectivity index (χ0v) is 17.5. The van der Waals surface area contributed by atoms with Gasteiger partial charge in [-0.1, -0.05) is 47.5 Å². The van der Waals surface area contributed by atoms with Crippen molar-refractivity contribution in [3.8, 4) is 0 Å². The SMILES string of the molecule is Cc1cc(C=CC(c2cc(Cl)cc(Cl)c2)C(F)(F)F)ccc1C(=O)N1CCCC1=O. The Kier molecular flexibility index (Phi) is 6.58. The number of nitrogens with zero attached hydrogens (tertiary/aromatic N) is 1. The fourth-order valence-electron chi connectivity index (χ4n) is 3.41. The van der Waals surface area contributed by atoms with E-state index < -0.39 is 12.1 Å².